The molecule has 2 amide bonds. The van der Waals surface area contributed by atoms with Crippen molar-refractivity contribution in [2.45, 2.75) is 32.9 Å². The van der Waals surface area contributed by atoms with Gasteiger partial charge in [-0.1, -0.05) is 25.1 Å². The molecule has 96 valence electrons. The molecule has 4 heteroatoms. The van der Waals surface area contributed by atoms with Crippen LogP contribution in [0, 0.1) is 0 Å². The maximum atomic E-state index is 11.6. The first kappa shape index (κ1) is 12.5. The molecule has 0 aliphatic carbocycles. The monoisotopic (exact) mass is 245 g/mol. The van der Waals surface area contributed by atoms with Gasteiger partial charge in [0.1, 0.15) is 0 Å². The first-order valence-electron chi connectivity index (χ1n) is 6.30. The van der Waals surface area contributed by atoms with E-state index in [1.54, 1.807) is 0 Å². The molecule has 1 aromatic carbocycles. The van der Waals surface area contributed by atoms with Crippen molar-refractivity contribution in [3.8, 4) is 0 Å². The molecule has 0 fully saturated rings. The van der Waals surface area contributed by atoms with E-state index in [-0.39, 0.29) is 12.1 Å². The summed E-state index contributed by atoms with van der Waals surface area (Å²) in [4.78, 5) is 14.8. The molecule has 1 heterocycles. The van der Waals surface area contributed by atoms with E-state index < -0.39 is 0 Å². The largest absolute Gasteiger partial charge is 0.361 e. The molecule has 0 radical (unpaired) electrons. The summed E-state index contributed by atoms with van der Waals surface area (Å²) >= 11 is 0. The lowest BCUT2D eigenvalue weighted by Gasteiger charge is -2.12. The van der Waals surface area contributed by atoms with E-state index in [1.807, 2.05) is 38.2 Å². The minimum Gasteiger partial charge on any atom is -0.361 e. The smallest absolute Gasteiger partial charge is 0.315 e. The molecule has 0 aliphatic rings. The zero-order valence-corrected chi connectivity index (χ0v) is 10.8. The summed E-state index contributed by atoms with van der Waals surface area (Å²) in [6, 6.07) is 8.15. The fourth-order valence-corrected chi connectivity index (χ4v) is 1.83. The van der Waals surface area contributed by atoms with E-state index >= 15 is 0 Å². The van der Waals surface area contributed by atoms with Crippen molar-refractivity contribution >= 4 is 16.9 Å². The molecule has 4 nitrogen and oxygen atoms in total. The van der Waals surface area contributed by atoms with Crippen molar-refractivity contribution in [3.05, 3.63) is 36.0 Å². The van der Waals surface area contributed by atoms with Crippen LogP contribution in [0.1, 0.15) is 25.8 Å². The van der Waals surface area contributed by atoms with Gasteiger partial charge in [-0.15, -0.1) is 0 Å². The molecule has 2 rings (SSSR count). The van der Waals surface area contributed by atoms with Gasteiger partial charge in [-0.3, -0.25) is 0 Å². The first-order valence-corrected chi connectivity index (χ1v) is 6.30. The number of fused-ring (bicyclic) bond motifs is 1. The summed E-state index contributed by atoms with van der Waals surface area (Å²) in [7, 11) is 0. The lowest BCUT2D eigenvalue weighted by atomic mass is 10.2. The minimum atomic E-state index is -0.116. The van der Waals surface area contributed by atoms with E-state index in [4.69, 9.17) is 0 Å². The first-order chi connectivity index (χ1) is 8.70. The Kier molecular flexibility index (Phi) is 3.87. The highest BCUT2D eigenvalue weighted by Gasteiger charge is 2.06. The Balaban J connectivity index is 1.96. The molecule has 0 bridgehead atoms. The minimum absolute atomic E-state index is 0.116. The van der Waals surface area contributed by atoms with Gasteiger partial charge >= 0.3 is 6.03 Å². The van der Waals surface area contributed by atoms with Crippen LogP contribution < -0.4 is 10.6 Å². The van der Waals surface area contributed by atoms with Gasteiger partial charge < -0.3 is 15.6 Å². The van der Waals surface area contributed by atoms with Crippen molar-refractivity contribution in [1.29, 1.82) is 0 Å². The van der Waals surface area contributed by atoms with Gasteiger partial charge in [0.15, 0.2) is 0 Å². The van der Waals surface area contributed by atoms with E-state index in [0.29, 0.717) is 6.54 Å². The summed E-state index contributed by atoms with van der Waals surface area (Å²) in [5.41, 5.74) is 2.20. The average Bonchev–Trinajstić information content (AvgIpc) is 2.79. The molecular formula is C14H19N3O. The third-order valence-corrected chi connectivity index (χ3v) is 3.10. The number of aromatic amines is 1. The van der Waals surface area contributed by atoms with E-state index in [0.717, 1.165) is 22.9 Å². The molecule has 1 aromatic heterocycles. The number of carbonyl (C=O) groups is 1. The number of hydrogen-bond acceptors (Lipinski definition) is 1. The van der Waals surface area contributed by atoms with Crippen molar-refractivity contribution < 1.29 is 4.79 Å². The van der Waals surface area contributed by atoms with E-state index in [9.17, 15) is 4.79 Å². The maximum absolute atomic E-state index is 11.6. The third-order valence-electron chi connectivity index (χ3n) is 3.10. The number of benzene rings is 1. The molecule has 0 spiro atoms. The normalized spacial score (nSPS) is 12.3. The number of urea groups is 1. The average molecular weight is 245 g/mol. The van der Waals surface area contributed by atoms with Crippen LogP contribution in [0.2, 0.25) is 0 Å². The van der Waals surface area contributed by atoms with Crippen LogP contribution in [-0.4, -0.2) is 17.1 Å². The topological polar surface area (TPSA) is 56.9 Å². The number of para-hydroxylation sites is 1. The zero-order valence-electron chi connectivity index (χ0n) is 10.8. The lowest BCUT2D eigenvalue weighted by molar-refractivity contribution is 0.237. The Morgan fingerprint density at radius 1 is 1.39 bits per heavy atom. The van der Waals surface area contributed by atoms with Crippen molar-refractivity contribution in [2.75, 3.05) is 0 Å². The Hall–Kier alpha value is -1.97. The zero-order chi connectivity index (χ0) is 13.0. The van der Waals surface area contributed by atoms with Crippen molar-refractivity contribution in [1.82, 2.24) is 15.6 Å². The van der Waals surface area contributed by atoms with Crippen LogP contribution in [0.3, 0.4) is 0 Å². The van der Waals surface area contributed by atoms with Crippen LogP contribution in [0.25, 0.3) is 10.9 Å². The number of rotatable bonds is 4. The van der Waals surface area contributed by atoms with Gasteiger partial charge in [0.2, 0.25) is 0 Å². The highest BCUT2D eigenvalue weighted by molar-refractivity contribution is 5.83. The van der Waals surface area contributed by atoms with Crippen LogP contribution in [0.15, 0.2) is 30.5 Å². The summed E-state index contributed by atoms with van der Waals surface area (Å²) < 4.78 is 0. The molecule has 2 aromatic rings. The standard InChI is InChI=1S/C14H19N3O/c1-3-10(2)17-14(18)16-9-11-8-15-13-7-5-4-6-12(11)13/h4-8,10,15H,3,9H2,1-2H3,(H2,16,17,18). The Labute approximate surface area is 107 Å². The van der Waals surface area contributed by atoms with Crippen molar-refractivity contribution in [2.24, 2.45) is 0 Å². The molecule has 0 aliphatic heterocycles. The van der Waals surface area contributed by atoms with Gasteiger partial charge in [-0.25, -0.2) is 4.79 Å². The number of nitrogens with one attached hydrogen (secondary N) is 3. The van der Waals surface area contributed by atoms with Crippen molar-refractivity contribution in [3.63, 3.8) is 0 Å². The highest BCUT2D eigenvalue weighted by Crippen LogP contribution is 2.17. The molecule has 1 unspecified atom stereocenters. The van der Waals surface area contributed by atoms with Gasteiger partial charge in [-0.05, 0) is 25.0 Å². The predicted octanol–water partition coefficient (Wildman–Crippen LogP) is 2.77. The molecule has 18 heavy (non-hydrogen) atoms. The van der Waals surface area contributed by atoms with Crippen LogP contribution >= 0.6 is 0 Å². The van der Waals surface area contributed by atoms with E-state index in [2.05, 4.69) is 21.7 Å². The second-order valence-corrected chi connectivity index (χ2v) is 4.50. The fraction of sp³-hybridized carbons (Fsp3) is 0.357. The number of amides is 2. The molecule has 3 N–H and O–H groups in total. The molecule has 0 saturated carbocycles. The second kappa shape index (κ2) is 5.58. The Morgan fingerprint density at radius 2 is 2.17 bits per heavy atom. The van der Waals surface area contributed by atoms with Gasteiger partial charge in [0, 0.05) is 29.7 Å². The predicted molar refractivity (Wildman–Crippen MR) is 73.4 cm³/mol. The lowest BCUT2D eigenvalue weighted by Crippen LogP contribution is -2.40. The number of H-pyrrole nitrogens is 1. The summed E-state index contributed by atoms with van der Waals surface area (Å²) in [6.07, 6.45) is 2.87. The maximum Gasteiger partial charge on any atom is 0.315 e. The van der Waals surface area contributed by atoms with Crippen LogP contribution in [0.5, 0.6) is 0 Å². The second-order valence-electron chi connectivity index (χ2n) is 4.50. The molecular weight excluding hydrogens is 226 g/mol. The summed E-state index contributed by atoms with van der Waals surface area (Å²) in [6.45, 7) is 4.57. The fourth-order valence-electron chi connectivity index (χ4n) is 1.83. The van der Waals surface area contributed by atoms with Gasteiger partial charge in [0.25, 0.3) is 0 Å². The summed E-state index contributed by atoms with van der Waals surface area (Å²) in [5.74, 6) is 0. The highest BCUT2D eigenvalue weighted by atomic mass is 16.2. The molecule has 1 atom stereocenters. The van der Waals surface area contributed by atoms with E-state index in [1.165, 1.54) is 0 Å². The Morgan fingerprint density at radius 3 is 2.94 bits per heavy atom. The Bertz CT molecular complexity index is 533. The quantitative estimate of drug-likeness (QED) is 0.762. The number of aromatic nitrogens is 1. The number of carbonyl (C=O) groups excluding carboxylic acids is 1. The SMILES string of the molecule is CCC(C)NC(=O)NCc1c[nH]c2ccccc12. The van der Waals surface area contributed by atoms with Crippen LogP contribution in [-0.2, 0) is 6.54 Å². The van der Waals surface area contributed by atoms with Gasteiger partial charge in [0.05, 0.1) is 0 Å². The van der Waals surface area contributed by atoms with Gasteiger partial charge in [-0.2, -0.15) is 0 Å². The molecule has 0 saturated heterocycles. The summed E-state index contributed by atoms with van der Waals surface area (Å²) in [5, 5.41) is 6.91. The number of hydrogen-bond donors (Lipinski definition) is 3. The third kappa shape index (κ3) is 2.83. The van der Waals surface area contributed by atoms with Crippen LogP contribution in [0.4, 0.5) is 4.79 Å².